The number of imidazole rings is 1. The summed E-state index contributed by atoms with van der Waals surface area (Å²) in [6, 6.07) is 2.95. The monoisotopic (exact) mass is 311 g/mol. The van der Waals surface area contributed by atoms with Crippen LogP contribution in [0.1, 0.15) is 21.7 Å². The molecule has 0 saturated carbocycles. The number of benzene rings is 1. The van der Waals surface area contributed by atoms with Crippen molar-refractivity contribution in [3.05, 3.63) is 52.1 Å². The highest BCUT2D eigenvalue weighted by Gasteiger charge is 2.27. The van der Waals surface area contributed by atoms with Crippen molar-refractivity contribution in [2.24, 2.45) is 7.05 Å². The van der Waals surface area contributed by atoms with Gasteiger partial charge in [-0.05, 0) is 23.7 Å². The van der Waals surface area contributed by atoms with Gasteiger partial charge in [-0.25, -0.2) is 13.8 Å². The molecule has 1 aliphatic rings. The van der Waals surface area contributed by atoms with Gasteiger partial charge in [0.15, 0.2) is 0 Å². The number of fused-ring (bicyclic) bond motifs is 1. The van der Waals surface area contributed by atoms with Crippen LogP contribution in [0.5, 0.6) is 0 Å². The fourth-order valence-electron chi connectivity index (χ4n) is 2.46. The zero-order valence-corrected chi connectivity index (χ0v) is 12.0. The molecular formula is C14H12ClF2N3O. The molecule has 21 heavy (non-hydrogen) atoms. The van der Waals surface area contributed by atoms with E-state index in [4.69, 9.17) is 11.6 Å². The van der Waals surface area contributed by atoms with E-state index < -0.39 is 17.5 Å². The number of rotatable bonds is 1. The van der Waals surface area contributed by atoms with E-state index in [1.165, 1.54) is 11.0 Å². The van der Waals surface area contributed by atoms with E-state index in [-0.39, 0.29) is 5.56 Å². The number of amides is 1. The number of carbonyl (C=O) groups excluding carboxylic acids is 1. The van der Waals surface area contributed by atoms with E-state index in [2.05, 4.69) is 4.98 Å². The third-order valence-corrected chi connectivity index (χ3v) is 3.99. The largest absolute Gasteiger partial charge is 0.332 e. The summed E-state index contributed by atoms with van der Waals surface area (Å²) in [4.78, 5) is 18.1. The summed E-state index contributed by atoms with van der Waals surface area (Å²) in [5, 5.41) is 0.363. The van der Waals surface area contributed by atoms with E-state index in [1.54, 1.807) is 11.6 Å². The Morgan fingerprint density at radius 2 is 2.14 bits per heavy atom. The SMILES string of the molecule is Cn1c(Cl)nc2c1CN(C(=O)c1ccc(F)cc1F)CC2. The van der Waals surface area contributed by atoms with Gasteiger partial charge in [0.05, 0.1) is 23.5 Å². The minimum Gasteiger partial charge on any atom is -0.332 e. The Kier molecular flexibility index (Phi) is 3.41. The van der Waals surface area contributed by atoms with Crippen LogP contribution in [0.25, 0.3) is 0 Å². The van der Waals surface area contributed by atoms with Crippen molar-refractivity contribution >= 4 is 17.5 Å². The highest BCUT2D eigenvalue weighted by atomic mass is 35.5. The third kappa shape index (κ3) is 2.40. The van der Waals surface area contributed by atoms with Gasteiger partial charge >= 0.3 is 0 Å². The first-order valence-electron chi connectivity index (χ1n) is 6.41. The first kappa shape index (κ1) is 14.0. The highest BCUT2D eigenvalue weighted by Crippen LogP contribution is 2.23. The smallest absolute Gasteiger partial charge is 0.257 e. The molecule has 1 amide bonds. The van der Waals surface area contributed by atoms with Gasteiger partial charge in [-0.1, -0.05) is 0 Å². The Balaban J connectivity index is 1.88. The van der Waals surface area contributed by atoms with E-state index in [0.29, 0.717) is 30.9 Å². The van der Waals surface area contributed by atoms with Crippen LogP contribution in [-0.4, -0.2) is 26.9 Å². The van der Waals surface area contributed by atoms with Crippen molar-refractivity contribution in [2.75, 3.05) is 6.54 Å². The van der Waals surface area contributed by atoms with Crippen molar-refractivity contribution in [1.82, 2.24) is 14.5 Å². The second-order valence-electron chi connectivity index (χ2n) is 4.93. The predicted octanol–water partition coefficient (Wildman–Crippen LogP) is 2.55. The normalized spacial score (nSPS) is 14.2. The quantitative estimate of drug-likeness (QED) is 0.812. The Labute approximate surface area is 125 Å². The summed E-state index contributed by atoms with van der Waals surface area (Å²) < 4.78 is 28.3. The van der Waals surface area contributed by atoms with Gasteiger partial charge in [0.25, 0.3) is 5.91 Å². The molecule has 0 N–H and O–H groups in total. The Morgan fingerprint density at radius 1 is 1.38 bits per heavy atom. The molecule has 0 radical (unpaired) electrons. The third-order valence-electron chi connectivity index (χ3n) is 3.65. The molecule has 7 heteroatoms. The molecule has 1 aromatic heterocycles. The second-order valence-corrected chi connectivity index (χ2v) is 5.27. The van der Waals surface area contributed by atoms with Gasteiger partial charge in [0.2, 0.25) is 5.28 Å². The highest BCUT2D eigenvalue weighted by molar-refractivity contribution is 6.28. The van der Waals surface area contributed by atoms with E-state index in [1.807, 2.05) is 0 Å². The van der Waals surface area contributed by atoms with Crippen LogP contribution < -0.4 is 0 Å². The van der Waals surface area contributed by atoms with Gasteiger partial charge in [-0.2, -0.15) is 0 Å². The zero-order chi connectivity index (χ0) is 15.1. The molecule has 3 rings (SSSR count). The number of hydrogen-bond acceptors (Lipinski definition) is 2. The number of hydrogen-bond donors (Lipinski definition) is 0. The average molecular weight is 312 g/mol. The predicted molar refractivity (Wildman–Crippen MR) is 73.0 cm³/mol. The molecule has 110 valence electrons. The van der Waals surface area contributed by atoms with Crippen molar-refractivity contribution in [3.8, 4) is 0 Å². The number of carbonyl (C=O) groups is 1. The van der Waals surface area contributed by atoms with Gasteiger partial charge < -0.3 is 9.47 Å². The Hall–Kier alpha value is -1.95. The topological polar surface area (TPSA) is 38.1 Å². The minimum atomic E-state index is -0.853. The number of halogens is 3. The molecule has 0 spiro atoms. The standard InChI is InChI=1S/C14H12ClF2N3O/c1-19-12-7-20(5-4-11(12)18-14(19)15)13(21)9-3-2-8(16)6-10(9)17/h2-3,6H,4-5,7H2,1H3. The van der Waals surface area contributed by atoms with Gasteiger partial charge in [0.1, 0.15) is 11.6 Å². The summed E-state index contributed by atoms with van der Waals surface area (Å²) in [5.74, 6) is -2.02. The van der Waals surface area contributed by atoms with Crippen molar-refractivity contribution < 1.29 is 13.6 Å². The fraction of sp³-hybridized carbons (Fsp3) is 0.286. The molecule has 0 saturated heterocycles. The summed E-state index contributed by atoms with van der Waals surface area (Å²) in [6.45, 7) is 0.733. The van der Waals surface area contributed by atoms with Crippen LogP contribution in [0.3, 0.4) is 0 Å². The molecule has 1 aromatic carbocycles. The first-order chi connectivity index (χ1) is 9.97. The lowest BCUT2D eigenvalue weighted by Crippen LogP contribution is -2.37. The first-order valence-corrected chi connectivity index (χ1v) is 6.79. The van der Waals surface area contributed by atoms with Crippen molar-refractivity contribution in [1.29, 1.82) is 0 Å². The molecule has 0 unspecified atom stereocenters. The van der Waals surface area contributed by atoms with Crippen LogP contribution >= 0.6 is 11.6 Å². The lowest BCUT2D eigenvalue weighted by atomic mass is 10.1. The van der Waals surface area contributed by atoms with Gasteiger partial charge in [-0.15, -0.1) is 0 Å². The van der Waals surface area contributed by atoms with Crippen molar-refractivity contribution in [3.63, 3.8) is 0 Å². The molecule has 0 bridgehead atoms. The molecule has 1 aliphatic heterocycles. The maximum Gasteiger partial charge on any atom is 0.257 e. The summed E-state index contributed by atoms with van der Waals surface area (Å²) >= 11 is 5.95. The molecule has 4 nitrogen and oxygen atoms in total. The zero-order valence-electron chi connectivity index (χ0n) is 11.2. The molecule has 2 aromatic rings. The van der Waals surface area contributed by atoms with Crippen molar-refractivity contribution in [2.45, 2.75) is 13.0 Å². The minimum absolute atomic E-state index is 0.131. The van der Waals surface area contributed by atoms with E-state index >= 15 is 0 Å². The van der Waals surface area contributed by atoms with E-state index in [9.17, 15) is 13.6 Å². The van der Waals surface area contributed by atoms with Crippen LogP contribution in [-0.2, 0) is 20.0 Å². The Morgan fingerprint density at radius 3 is 2.86 bits per heavy atom. The molecule has 0 fully saturated rings. The molecule has 0 aliphatic carbocycles. The summed E-state index contributed by atoms with van der Waals surface area (Å²) in [7, 11) is 1.76. The maximum atomic E-state index is 13.7. The van der Waals surface area contributed by atoms with Gasteiger partial charge in [0, 0.05) is 26.1 Å². The van der Waals surface area contributed by atoms with Crippen LogP contribution in [0.15, 0.2) is 18.2 Å². The molecule has 2 heterocycles. The van der Waals surface area contributed by atoms with Crippen LogP contribution in [0, 0.1) is 11.6 Å². The van der Waals surface area contributed by atoms with Crippen LogP contribution in [0.2, 0.25) is 5.28 Å². The Bertz CT molecular complexity index is 729. The second kappa shape index (κ2) is 5.11. The van der Waals surface area contributed by atoms with Gasteiger partial charge in [-0.3, -0.25) is 4.79 Å². The maximum absolute atomic E-state index is 13.7. The molecular weight excluding hydrogens is 300 g/mol. The average Bonchev–Trinajstić information content (AvgIpc) is 2.73. The summed E-state index contributed by atoms with van der Waals surface area (Å²) in [6.07, 6.45) is 0.560. The lowest BCUT2D eigenvalue weighted by molar-refractivity contribution is 0.0725. The van der Waals surface area contributed by atoms with Crippen LogP contribution in [0.4, 0.5) is 8.78 Å². The number of nitrogens with zero attached hydrogens (tertiary/aromatic N) is 3. The molecule has 0 atom stereocenters. The lowest BCUT2D eigenvalue weighted by Gasteiger charge is -2.27. The fourth-order valence-corrected chi connectivity index (χ4v) is 2.66. The van der Waals surface area contributed by atoms with E-state index in [0.717, 1.165) is 17.5 Å². The number of aromatic nitrogens is 2. The summed E-state index contributed by atoms with van der Waals surface area (Å²) in [5.41, 5.74) is 1.56.